The molecule has 0 saturated carbocycles. The second-order valence-corrected chi connectivity index (χ2v) is 9.04. The average molecular weight is 460 g/mol. The third-order valence-electron chi connectivity index (χ3n) is 3.96. The number of aliphatic carboxylic acids is 1. The molecule has 0 radical (unpaired) electrons. The molecule has 10 heteroatoms. The minimum absolute atomic E-state index is 0.0936. The Morgan fingerprint density at radius 2 is 1.82 bits per heavy atom. The molecule has 0 spiro atoms. The van der Waals surface area contributed by atoms with E-state index in [0.717, 1.165) is 4.31 Å². The summed E-state index contributed by atoms with van der Waals surface area (Å²) in [4.78, 5) is 15.1. The van der Waals surface area contributed by atoms with Crippen molar-refractivity contribution in [1.29, 1.82) is 0 Å². The number of nitrogens with zero attached hydrogens (tertiary/aromatic N) is 2. The molecule has 0 fully saturated rings. The number of hydrogen-bond donors (Lipinski definition) is 1. The number of rotatable bonds is 6. The van der Waals surface area contributed by atoms with Crippen LogP contribution >= 0.6 is 34.8 Å². The Hall–Kier alpha value is -1.90. The van der Waals surface area contributed by atoms with Gasteiger partial charge in [0.1, 0.15) is 11.7 Å². The lowest BCUT2D eigenvalue weighted by atomic mass is 10.2. The fourth-order valence-electron chi connectivity index (χ4n) is 2.68. The maximum absolute atomic E-state index is 13.1. The van der Waals surface area contributed by atoms with Gasteiger partial charge < -0.3 is 5.11 Å². The van der Waals surface area contributed by atoms with Gasteiger partial charge in [-0.3, -0.25) is 4.79 Å². The molecule has 3 aromatic rings. The Kier molecular flexibility index (Phi) is 6.12. The van der Waals surface area contributed by atoms with E-state index in [9.17, 15) is 18.3 Å². The Morgan fingerprint density at radius 1 is 1.07 bits per heavy atom. The van der Waals surface area contributed by atoms with Crippen LogP contribution in [0.25, 0.3) is 10.8 Å². The van der Waals surface area contributed by atoms with Crippen LogP contribution in [0.4, 0.5) is 0 Å². The van der Waals surface area contributed by atoms with E-state index in [1.165, 1.54) is 24.4 Å². The zero-order valence-corrected chi connectivity index (χ0v) is 17.2. The lowest BCUT2D eigenvalue weighted by Crippen LogP contribution is -2.35. The highest BCUT2D eigenvalue weighted by molar-refractivity contribution is 7.89. The largest absolute Gasteiger partial charge is 0.480 e. The molecule has 0 aliphatic rings. The smallest absolute Gasteiger partial charge is 0.318 e. The number of benzene rings is 2. The fraction of sp³-hybridized carbons (Fsp3) is 0.111. The highest BCUT2D eigenvalue weighted by Crippen LogP contribution is 2.31. The Morgan fingerprint density at radius 3 is 2.50 bits per heavy atom. The van der Waals surface area contributed by atoms with Gasteiger partial charge in [0.15, 0.2) is 0 Å². The Balaban J connectivity index is 2.07. The standard InChI is InChI=1S/C18H13Cl3N2O4S/c19-12-3-1-2-11(6-12)9-23(10-17(24)25)28(26,27)13-4-5-14-15(7-13)18(21)22-8-16(14)20/h1-8H,9-10H2,(H,24,25). The molecule has 6 nitrogen and oxygen atoms in total. The Labute approximate surface area is 176 Å². The molecular weight excluding hydrogens is 447 g/mol. The summed E-state index contributed by atoms with van der Waals surface area (Å²) in [6.45, 7) is -0.872. The van der Waals surface area contributed by atoms with Crippen LogP contribution < -0.4 is 0 Å². The van der Waals surface area contributed by atoms with E-state index in [0.29, 0.717) is 26.4 Å². The maximum Gasteiger partial charge on any atom is 0.318 e. The summed E-state index contributed by atoms with van der Waals surface area (Å²) in [7, 11) is -4.15. The molecule has 146 valence electrons. The molecule has 2 aromatic carbocycles. The molecule has 0 atom stereocenters. The molecule has 0 amide bonds. The first-order chi connectivity index (χ1) is 13.2. The lowest BCUT2D eigenvalue weighted by molar-refractivity contribution is -0.137. The van der Waals surface area contributed by atoms with Gasteiger partial charge in [0.2, 0.25) is 10.0 Å². The van der Waals surface area contributed by atoms with Crippen LogP contribution in [0.1, 0.15) is 5.56 Å². The van der Waals surface area contributed by atoms with Crippen molar-refractivity contribution >= 4 is 61.6 Å². The summed E-state index contributed by atoms with van der Waals surface area (Å²) in [6, 6.07) is 10.7. The second-order valence-electron chi connectivity index (χ2n) is 5.90. The van der Waals surface area contributed by atoms with E-state index in [-0.39, 0.29) is 16.6 Å². The molecular formula is C18H13Cl3N2O4S. The number of pyridine rings is 1. The van der Waals surface area contributed by atoms with E-state index >= 15 is 0 Å². The molecule has 28 heavy (non-hydrogen) atoms. The molecule has 1 aromatic heterocycles. The van der Waals surface area contributed by atoms with E-state index in [4.69, 9.17) is 34.8 Å². The normalized spacial score (nSPS) is 11.9. The first kappa shape index (κ1) is 20.8. The molecule has 0 bridgehead atoms. The third kappa shape index (κ3) is 4.39. The van der Waals surface area contributed by atoms with E-state index in [1.807, 2.05) is 0 Å². The zero-order valence-electron chi connectivity index (χ0n) is 14.1. The van der Waals surface area contributed by atoms with Gasteiger partial charge in [-0.2, -0.15) is 4.31 Å². The highest BCUT2D eigenvalue weighted by Gasteiger charge is 2.27. The van der Waals surface area contributed by atoms with Crippen LogP contribution in [0.15, 0.2) is 53.6 Å². The van der Waals surface area contributed by atoms with Crippen LogP contribution in [0, 0.1) is 0 Å². The molecule has 0 saturated heterocycles. The highest BCUT2D eigenvalue weighted by atomic mass is 35.5. The zero-order chi connectivity index (χ0) is 20.5. The molecule has 1 heterocycles. The van der Waals surface area contributed by atoms with Crippen molar-refractivity contribution in [2.45, 2.75) is 11.4 Å². The number of sulfonamides is 1. The number of hydrogen-bond acceptors (Lipinski definition) is 4. The van der Waals surface area contributed by atoms with Crippen molar-refractivity contribution in [3.63, 3.8) is 0 Å². The maximum atomic E-state index is 13.1. The lowest BCUT2D eigenvalue weighted by Gasteiger charge is -2.21. The number of halogens is 3. The van der Waals surface area contributed by atoms with E-state index < -0.39 is 22.5 Å². The topological polar surface area (TPSA) is 87.6 Å². The van der Waals surface area contributed by atoms with Gasteiger partial charge in [-0.25, -0.2) is 13.4 Å². The van der Waals surface area contributed by atoms with Crippen LogP contribution in [-0.4, -0.2) is 35.3 Å². The minimum Gasteiger partial charge on any atom is -0.480 e. The first-order valence-electron chi connectivity index (χ1n) is 7.88. The predicted octanol–water partition coefficient (Wildman–Crippen LogP) is 4.47. The van der Waals surface area contributed by atoms with Crippen molar-refractivity contribution in [3.8, 4) is 0 Å². The van der Waals surface area contributed by atoms with Crippen LogP contribution in [0.3, 0.4) is 0 Å². The number of carboxylic acid groups (broad SMARTS) is 1. The minimum atomic E-state index is -4.15. The van der Waals surface area contributed by atoms with Gasteiger partial charge in [-0.1, -0.05) is 53.0 Å². The van der Waals surface area contributed by atoms with E-state index in [1.54, 1.807) is 24.3 Å². The molecule has 0 aliphatic heterocycles. The Bertz CT molecular complexity index is 1170. The predicted molar refractivity (Wildman–Crippen MR) is 108 cm³/mol. The van der Waals surface area contributed by atoms with Crippen LogP contribution in [-0.2, 0) is 21.4 Å². The molecule has 3 rings (SSSR count). The van der Waals surface area contributed by atoms with Crippen molar-refractivity contribution in [2.75, 3.05) is 6.54 Å². The second kappa shape index (κ2) is 8.23. The summed E-state index contributed by atoms with van der Waals surface area (Å²) >= 11 is 18.1. The van der Waals surface area contributed by atoms with Crippen molar-refractivity contribution in [1.82, 2.24) is 9.29 Å². The molecule has 0 unspecified atom stereocenters. The van der Waals surface area contributed by atoms with Gasteiger partial charge >= 0.3 is 5.97 Å². The van der Waals surface area contributed by atoms with Gasteiger partial charge in [-0.15, -0.1) is 0 Å². The monoisotopic (exact) mass is 458 g/mol. The number of fused-ring (bicyclic) bond motifs is 1. The van der Waals surface area contributed by atoms with Gasteiger partial charge in [0.05, 0.1) is 9.92 Å². The number of aromatic nitrogens is 1. The summed E-state index contributed by atoms with van der Waals surface area (Å²) in [5.74, 6) is -1.28. The van der Waals surface area contributed by atoms with Crippen molar-refractivity contribution in [2.24, 2.45) is 0 Å². The quantitative estimate of drug-likeness (QED) is 0.550. The summed E-state index contributed by atoms with van der Waals surface area (Å²) in [5.41, 5.74) is 0.556. The van der Waals surface area contributed by atoms with Crippen LogP contribution in [0.5, 0.6) is 0 Å². The SMILES string of the molecule is O=C(O)CN(Cc1cccc(Cl)c1)S(=O)(=O)c1ccc2c(Cl)cnc(Cl)c2c1. The number of carbonyl (C=O) groups is 1. The van der Waals surface area contributed by atoms with Gasteiger partial charge in [0.25, 0.3) is 0 Å². The van der Waals surface area contributed by atoms with Crippen LogP contribution in [0.2, 0.25) is 15.2 Å². The fourth-order valence-corrected chi connectivity index (χ4v) is 4.72. The van der Waals surface area contributed by atoms with Crippen molar-refractivity contribution in [3.05, 3.63) is 69.4 Å². The van der Waals surface area contributed by atoms with Gasteiger partial charge in [-0.05, 0) is 29.8 Å². The molecule has 0 aliphatic carbocycles. The molecule has 1 N–H and O–H groups in total. The summed E-state index contributed by atoms with van der Waals surface area (Å²) in [6.07, 6.45) is 1.37. The number of carboxylic acids is 1. The van der Waals surface area contributed by atoms with E-state index in [2.05, 4.69) is 4.98 Å². The van der Waals surface area contributed by atoms with Crippen molar-refractivity contribution < 1.29 is 18.3 Å². The third-order valence-corrected chi connectivity index (χ3v) is 6.58. The average Bonchev–Trinajstić information content (AvgIpc) is 2.64. The summed E-state index contributed by atoms with van der Waals surface area (Å²) in [5, 5.41) is 10.9. The first-order valence-corrected chi connectivity index (χ1v) is 10.5. The summed E-state index contributed by atoms with van der Waals surface area (Å²) < 4.78 is 27.1. The van der Waals surface area contributed by atoms with Gasteiger partial charge in [0, 0.05) is 28.5 Å².